The summed E-state index contributed by atoms with van der Waals surface area (Å²) >= 11 is 0. The highest BCUT2D eigenvalue weighted by Gasteiger charge is 2.31. The number of nitrogen functional groups attached to an aromatic ring is 1. The fourth-order valence-corrected chi connectivity index (χ4v) is 3.34. The number of benzene rings is 1. The maximum atomic E-state index is 12.7. The van der Waals surface area contributed by atoms with Crippen molar-refractivity contribution in [1.82, 2.24) is 4.90 Å². The summed E-state index contributed by atoms with van der Waals surface area (Å²) in [5.41, 5.74) is 8.55. The van der Waals surface area contributed by atoms with Crippen LogP contribution < -0.4 is 5.73 Å². The van der Waals surface area contributed by atoms with Gasteiger partial charge >= 0.3 is 0 Å². The van der Waals surface area contributed by atoms with Crippen LogP contribution in [0, 0.1) is 0 Å². The van der Waals surface area contributed by atoms with Crippen molar-refractivity contribution in [3.63, 3.8) is 0 Å². The summed E-state index contributed by atoms with van der Waals surface area (Å²) in [5.74, 6) is 0.160. The van der Waals surface area contributed by atoms with Gasteiger partial charge in [0.15, 0.2) is 0 Å². The van der Waals surface area contributed by atoms with Crippen LogP contribution in [0.5, 0.6) is 0 Å². The number of fused-ring (bicyclic) bond motifs is 1. The predicted octanol–water partition coefficient (Wildman–Crippen LogP) is 2.60. The normalized spacial score (nSPS) is 20.9. The van der Waals surface area contributed by atoms with E-state index in [1.165, 1.54) is 12.8 Å². The number of carbonyl (C=O) groups excluding carboxylic acids is 1. The zero-order valence-corrected chi connectivity index (χ0v) is 10.7. The molecule has 0 bridgehead atoms. The van der Waals surface area contributed by atoms with Crippen LogP contribution in [-0.4, -0.2) is 23.4 Å². The molecule has 1 heterocycles. The second-order valence-corrected chi connectivity index (χ2v) is 5.42. The minimum atomic E-state index is 0.160. The van der Waals surface area contributed by atoms with Gasteiger partial charge in [0.25, 0.3) is 5.91 Å². The van der Waals surface area contributed by atoms with Gasteiger partial charge in [-0.3, -0.25) is 4.79 Å². The molecule has 0 radical (unpaired) electrons. The topological polar surface area (TPSA) is 46.3 Å². The molecule has 2 aliphatic rings. The number of amides is 1. The van der Waals surface area contributed by atoms with E-state index in [0.717, 1.165) is 43.4 Å². The quantitative estimate of drug-likeness (QED) is 0.772. The van der Waals surface area contributed by atoms with E-state index in [-0.39, 0.29) is 5.91 Å². The third-order valence-corrected chi connectivity index (χ3v) is 4.27. The second kappa shape index (κ2) is 4.63. The lowest BCUT2D eigenvalue weighted by Gasteiger charge is -2.28. The summed E-state index contributed by atoms with van der Waals surface area (Å²) in [5, 5.41) is 0. The molecule has 96 valence electrons. The van der Waals surface area contributed by atoms with Gasteiger partial charge in [0.05, 0.1) is 5.56 Å². The fraction of sp³-hybridized carbons (Fsp3) is 0.533. The van der Waals surface area contributed by atoms with Gasteiger partial charge in [0.2, 0.25) is 0 Å². The molecule has 0 unspecified atom stereocenters. The van der Waals surface area contributed by atoms with Gasteiger partial charge in [0.1, 0.15) is 0 Å². The van der Waals surface area contributed by atoms with Gasteiger partial charge in [-0.2, -0.15) is 0 Å². The maximum absolute atomic E-state index is 12.7. The van der Waals surface area contributed by atoms with Crippen LogP contribution in [0.15, 0.2) is 18.2 Å². The van der Waals surface area contributed by atoms with Crippen molar-refractivity contribution < 1.29 is 4.79 Å². The number of nitrogens with zero attached hydrogens (tertiary/aromatic N) is 1. The van der Waals surface area contributed by atoms with Crippen molar-refractivity contribution in [2.45, 2.75) is 44.6 Å². The Kier molecular flexibility index (Phi) is 2.98. The van der Waals surface area contributed by atoms with Crippen molar-refractivity contribution in [3.05, 3.63) is 29.3 Å². The Hall–Kier alpha value is -1.51. The first-order valence-electron chi connectivity index (χ1n) is 6.95. The molecule has 18 heavy (non-hydrogen) atoms. The van der Waals surface area contributed by atoms with E-state index >= 15 is 0 Å². The lowest BCUT2D eigenvalue weighted by atomic mass is 10.0. The van der Waals surface area contributed by atoms with Crippen molar-refractivity contribution in [2.24, 2.45) is 0 Å². The zero-order chi connectivity index (χ0) is 12.5. The number of carbonyl (C=O) groups is 1. The Bertz CT molecular complexity index is 464. The van der Waals surface area contributed by atoms with E-state index < -0.39 is 0 Å². The molecule has 0 saturated heterocycles. The zero-order valence-electron chi connectivity index (χ0n) is 10.7. The molecule has 3 rings (SSSR count). The van der Waals surface area contributed by atoms with Gasteiger partial charge in [-0.05, 0) is 37.3 Å². The van der Waals surface area contributed by atoms with Crippen molar-refractivity contribution >= 4 is 11.6 Å². The molecule has 1 saturated carbocycles. The van der Waals surface area contributed by atoms with Crippen LogP contribution in [0.1, 0.15) is 48.0 Å². The molecule has 1 aromatic rings. The highest BCUT2D eigenvalue weighted by atomic mass is 16.2. The maximum Gasteiger partial charge on any atom is 0.256 e. The van der Waals surface area contributed by atoms with E-state index in [1.54, 1.807) is 0 Å². The smallest absolute Gasteiger partial charge is 0.256 e. The molecule has 1 aliphatic heterocycles. The SMILES string of the molecule is Nc1cccc2c1C(=O)N(C1CCCC1)CCC2. The van der Waals surface area contributed by atoms with E-state index in [4.69, 9.17) is 5.73 Å². The molecule has 1 aliphatic carbocycles. The van der Waals surface area contributed by atoms with Crippen LogP contribution in [0.2, 0.25) is 0 Å². The Morgan fingerprint density at radius 3 is 2.72 bits per heavy atom. The van der Waals surface area contributed by atoms with Crippen molar-refractivity contribution in [1.29, 1.82) is 0 Å². The Balaban J connectivity index is 1.97. The third-order valence-electron chi connectivity index (χ3n) is 4.27. The Labute approximate surface area is 108 Å². The van der Waals surface area contributed by atoms with Gasteiger partial charge in [-0.15, -0.1) is 0 Å². The van der Waals surface area contributed by atoms with E-state index in [2.05, 4.69) is 4.90 Å². The molecule has 0 atom stereocenters. The van der Waals surface area contributed by atoms with Crippen molar-refractivity contribution in [2.75, 3.05) is 12.3 Å². The molecule has 0 spiro atoms. The fourth-order valence-electron chi connectivity index (χ4n) is 3.34. The molecule has 1 amide bonds. The Morgan fingerprint density at radius 1 is 1.17 bits per heavy atom. The summed E-state index contributed by atoms with van der Waals surface area (Å²) in [6, 6.07) is 6.28. The average Bonchev–Trinajstić information content (AvgIpc) is 2.82. The van der Waals surface area contributed by atoms with Crippen LogP contribution >= 0.6 is 0 Å². The lowest BCUT2D eigenvalue weighted by molar-refractivity contribution is 0.0689. The monoisotopic (exact) mass is 244 g/mol. The highest BCUT2D eigenvalue weighted by Crippen LogP contribution is 2.30. The first-order valence-corrected chi connectivity index (χ1v) is 6.95. The summed E-state index contributed by atoms with van der Waals surface area (Å²) in [6.45, 7) is 0.887. The number of hydrogen-bond acceptors (Lipinski definition) is 2. The van der Waals surface area contributed by atoms with E-state index in [0.29, 0.717) is 11.7 Å². The highest BCUT2D eigenvalue weighted by molar-refractivity contribution is 6.01. The molecular weight excluding hydrogens is 224 g/mol. The van der Waals surface area contributed by atoms with Crippen molar-refractivity contribution in [3.8, 4) is 0 Å². The van der Waals surface area contributed by atoms with Crippen LogP contribution in [0.3, 0.4) is 0 Å². The van der Waals surface area contributed by atoms with Gasteiger partial charge in [-0.25, -0.2) is 0 Å². The average molecular weight is 244 g/mol. The minimum Gasteiger partial charge on any atom is -0.398 e. The number of aryl methyl sites for hydroxylation is 1. The molecule has 3 heteroatoms. The number of hydrogen-bond donors (Lipinski definition) is 1. The number of anilines is 1. The Morgan fingerprint density at radius 2 is 1.94 bits per heavy atom. The van der Waals surface area contributed by atoms with Gasteiger partial charge in [-0.1, -0.05) is 25.0 Å². The molecule has 2 N–H and O–H groups in total. The number of nitrogens with two attached hydrogens (primary N) is 1. The molecule has 1 aromatic carbocycles. The largest absolute Gasteiger partial charge is 0.398 e. The standard InChI is InChI=1S/C15H20N2O/c16-13-9-3-5-11-6-4-10-17(15(18)14(11)13)12-7-1-2-8-12/h3,5,9,12H,1-2,4,6-8,10,16H2. The van der Waals surface area contributed by atoms with Gasteiger partial charge < -0.3 is 10.6 Å². The first-order chi connectivity index (χ1) is 8.77. The molecule has 1 fully saturated rings. The molecular formula is C15H20N2O. The molecule has 0 aromatic heterocycles. The number of rotatable bonds is 1. The lowest BCUT2D eigenvalue weighted by Crippen LogP contribution is -2.39. The summed E-state index contributed by atoms with van der Waals surface area (Å²) < 4.78 is 0. The predicted molar refractivity (Wildman–Crippen MR) is 72.5 cm³/mol. The summed E-state index contributed by atoms with van der Waals surface area (Å²) in [7, 11) is 0. The van der Waals surface area contributed by atoms with Crippen LogP contribution in [0.4, 0.5) is 5.69 Å². The second-order valence-electron chi connectivity index (χ2n) is 5.42. The summed E-state index contributed by atoms with van der Waals surface area (Å²) in [4.78, 5) is 14.8. The molecule has 3 nitrogen and oxygen atoms in total. The van der Waals surface area contributed by atoms with E-state index in [1.807, 2.05) is 18.2 Å². The first kappa shape index (κ1) is 11.6. The third kappa shape index (κ3) is 1.88. The minimum absolute atomic E-state index is 0.160. The van der Waals surface area contributed by atoms with Gasteiger partial charge in [0, 0.05) is 18.3 Å². The van der Waals surface area contributed by atoms with Crippen LogP contribution in [0.25, 0.3) is 0 Å². The summed E-state index contributed by atoms with van der Waals surface area (Å²) in [6.07, 6.45) is 6.85. The van der Waals surface area contributed by atoms with E-state index in [9.17, 15) is 4.79 Å². The van der Waals surface area contributed by atoms with Crippen LogP contribution in [-0.2, 0) is 6.42 Å².